The minimum atomic E-state index is 0.0216. The van der Waals surface area contributed by atoms with E-state index in [4.69, 9.17) is 4.74 Å². The molecule has 2 rings (SSSR count). The molecular weight excluding hydrogens is 284 g/mol. The van der Waals surface area contributed by atoms with Gasteiger partial charge in [-0.25, -0.2) is 4.98 Å². The summed E-state index contributed by atoms with van der Waals surface area (Å²) in [6.45, 7) is 9.00. The summed E-state index contributed by atoms with van der Waals surface area (Å²) in [6, 6.07) is 0.221. The molecule has 1 saturated heterocycles. The third-order valence-electron chi connectivity index (χ3n) is 4.33. The molecule has 0 spiro atoms. The molecule has 0 radical (unpaired) electrons. The summed E-state index contributed by atoms with van der Waals surface area (Å²) in [7, 11) is 0. The van der Waals surface area contributed by atoms with Gasteiger partial charge in [-0.05, 0) is 32.6 Å². The van der Waals surface area contributed by atoms with Crippen LogP contribution >= 0.6 is 11.3 Å². The van der Waals surface area contributed by atoms with Gasteiger partial charge in [0.25, 0.3) is 5.91 Å². The highest BCUT2D eigenvalue weighted by molar-refractivity contribution is 7.13. The first-order valence-electron chi connectivity index (χ1n) is 7.91. The van der Waals surface area contributed by atoms with Gasteiger partial charge in [-0.3, -0.25) is 4.79 Å². The predicted octanol–water partition coefficient (Wildman–Crippen LogP) is 3.47. The van der Waals surface area contributed by atoms with Crippen LogP contribution in [0.25, 0.3) is 0 Å². The highest BCUT2D eigenvalue weighted by atomic mass is 32.1. The van der Waals surface area contributed by atoms with Crippen LogP contribution in [-0.4, -0.2) is 29.6 Å². The summed E-state index contributed by atoms with van der Waals surface area (Å²) >= 11 is 1.47. The molecule has 0 saturated carbocycles. The molecule has 0 unspecified atom stereocenters. The van der Waals surface area contributed by atoms with Crippen LogP contribution in [0, 0.1) is 19.8 Å². The van der Waals surface area contributed by atoms with Gasteiger partial charge < -0.3 is 10.1 Å². The Morgan fingerprint density at radius 3 is 2.71 bits per heavy atom. The van der Waals surface area contributed by atoms with E-state index in [9.17, 15) is 4.79 Å². The van der Waals surface area contributed by atoms with E-state index < -0.39 is 0 Å². The second kappa shape index (κ2) is 7.36. The van der Waals surface area contributed by atoms with E-state index in [1.165, 1.54) is 11.3 Å². The summed E-state index contributed by atoms with van der Waals surface area (Å²) in [6.07, 6.45) is 4.38. The van der Waals surface area contributed by atoms with Crippen molar-refractivity contribution < 1.29 is 9.53 Å². The van der Waals surface area contributed by atoms with Crippen molar-refractivity contribution in [1.82, 2.24) is 10.3 Å². The van der Waals surface area contributed by atoms with Crippen molar-refractivity contribution >= 4 is 17.2 Å². The van der Waals surface area contributed by atoms with Crippen LogP contribution < -0.4 is 5.32 Å². The van der Waals surface area contributed by atoms with Crippen LogP contribution in [-0.2, 0) is 4.74 Å². The Morgan fingerprint density at radius 2 is 2.14 bits per heavy atom. The fourth-order valence-corrected chi connectivity index (χ4v) is 3.92. The standard InChI is InChI=1S/C16H26N2O2S/c1-5-12(6-2)14-9-13(7-8-20-14)18-16(19)15-10(3)17-11(4)21-15/h12-14H,5-9H2,1-4H3,(H,18,19)/t13-,14+/m0/s1. The topological polar surface area (TPSA) is 51.2 Å². The SMILES string of the molecule is CCC(CC)[C@H]1C[C@@H](NC(=O)c2sc(C)nc2C)CCO1. The van der Waals surface area contributed by atoms with Crippen LogP contribution in [0.1, 0.15) is 59.9 Å². The number of ether oxygens (including phenoxy) is 1. The maximum Gasteiger partial charge on any atom is 0.263 e. The van der Waals surface area contributed by atoms with Gasteiger partial charge in [0.2, 0.25) is 0 Å². The highest BCUT2D eigenvalue weighted by Crippen LogP contribution is 2.26. The molecule has 1 amide bonds. The fraction of sp³-hybridized carbons (Fsp3) is 0.750. The number of hydrogen-bond donors (Lipinski definition) is 1. The zero-order valence-electron chi connectivity index (χ0n) is 13.4. The summed E-state index contributed by atoms with van der Waals surface area (Å²) in [4.78, 5) is 17.5. The third-order valence-corrected chi connectivity index (χ3v) is 5.41. The van der Waals surface area contributed by atoms with Gasteiger partial charge >= 0.3 is 0 Å². The third kappa shape index (κ3) is 4.04. The minimum absolute atomic E-state index is 0.0216. The van der Waals surface area contributed by atoms with E-state index in [1.807, 2.05) is 13.8 Å². The van der Waals surface area contributed by atoms with Crippen molar-refractivity contribution in [2.45, 2.75) is 65.5 Å². The zero-order valence-corrected chi connectivity index (χ0v) is 14.3. The fourth-order valence-electron chi connectivity index (χ4n) is 3.09. The van der Waals surface area contributed by atoms with E-state index in [0.717, 1.165) is 47.9 Å². The summed E-state index contributed by atoms with van der Waals surface area (Å²) in [5.74, 6) is 0.616. The molecule has 1 aromatic rings. The maximum absolute atomic E-state index is 12.4. The zero-order chi connectivity index (χ0) is 15.4. The largest absolute Gasteiger partial charge is 0.378 e. The number of carbonyl (C=O) groups is 1. The van der Waals surface area contributed by atoms with Crippen LogP contribution in [0.5, 0.6) is 0 Å². The molecule has 1 aliphatic rings. The molecule has 0 aromatic carbocycles. The van der Waals surface area contributed by atoms with Gasteiger partial charge in [0.05, 0.1) is 16.8 Å². The van der Waals surface area contributed by atoms with Crippen molar-refractivity contribution in [3.63, 3.8) is 0 Å². The van der Waals surface area contributed by atoms with Gasteiger partial charge in [-0.1, -0.05) is 26.7 Å². The number of hydrogen-bond acceptors (Lipinski definition) is 4. The lowest BCUT2D eigenvalue weighted by Gasteiger charge is -2.34. The van der Waals surface area contributed by atoms with Gasteiger partial charge in [0.1, 0.15) is 4.88 Å². The molecular formula is C16H26N2O2S. The predicted molar refractivity (Wildman–Crippen MR) is 85.9 cm³/mol. The average molecular weight is 310 g/mol. The molecule has 1 fully saturated rings. The van der Waals surface area contributed by atoms with Crippen LogP contribution in [0.15, 0.2) is 0 Å². The number of nitrogens with zero attached hydrogens (tertiary/aromatic N) is 1. The van der Waals surface area contributed by atoms with Crippen LogP contribution in [0.4, 0.5) is 0 Å². The van der Waals surface area contributed by atoms with E-state index >= 15 is 0 Å². The first kappa shape index (κ1) is 16.4. The lowest BCUT2D eigenvalue weighted by molar-refractivity contribution is -0.0337. The molecule has 5 heteroatoms. The second-order valence-electron chi connectivity index (χ2n) is 5.83. The molecule has 118 valence electrons. The molecule has 4 nitrogen and oxygen atoms in total. The van der Waals surface area contributed by atoms with Crippen molar-refractivity contribution in [3.8, 4) is 0 Å². The average Bonchev–Trinajstić information content (AvgIpc) is 2.80. The van der Waals surface area contributed by atoms with Gasteiger partial charge in [-0.2, -0.15) is 0 Å². The van der Waals surface area contributed by atoms with Crippen molar-refractivity contribution in [3.05, 3.63) is 15.6 Å². The van der Waals surface area contributed by atoms with Crippen molar-refractivity contribution in [2.24, 2.45) is 5.92 Å². The minimum Gasteiger partial charge on any atom is -0.378 e. The lowest BCUT2D eigenvalue weighted by atomic mass is 9.89. The van der Waals surface area contributed by atoms with Crippen molar-refractivity contribution in [2.75, 3.05) is 6.61 Å². The number of aromatic nitrogens is 1. The first-order valence-corrected chi connectivity index (χ1v) is 8.73. The highest BCUT2D eigenvalue weighted by Gasteiger charge is 2.29. The summed E-state index contributed by atoms with van der Waals surface area (Å²) in [5, 5.41) is 4.12. The number of nitrogens with one attached hydrogen (secondary N) is 1. The Kier molecular flexibility index (Phi) is 5.76. The first-order chi connectivity index (χ1) is 10.0. The number of rotatable bonds is 5. The van der Waals surface area contributed by atoms with Crippen molar-refractivity contribution in [1.29, 1.82) is 0 Å². The van der Waals surface area contributed by atoms with Gasteiger partial charge in [0, 0.05) is 12.6 Å². The molecule has 1 N–H and O–H groups in total. The Labute approximate surface area is 131 Å². The quantitative estimate of drug-likeness (QED) is 0.906. The lowest BCUT2D eigenvalue weighted by Crippen LogP contribution is -2.44. The van der Waals surface area contributed by atoms with Gasteiger partial charge in [0.15, 0.2) is 0 Å². The molecule has 1 aromatic heterocycles. The Hall–Kier alpha value is -0.940. The molecule has 0 bridgehead atoms. The monoisotopic (exact) mass is 310 g/mol. The smallest absolute Gasteiger partial charge is 0.263 e. The summed E-state index contributed by atoms with van der Waals surface area (Å²) < 4.78 is 5.91. The van der Waals surface area contributed by atoms with E-state index in [1.54, 1.807) is 0 Å². The molecule has 1 aliphatic heterocycles. The molecule has 2 atom stereocenters. The molecule has 0 aliphatic carbocycles. The number of carbonyl (C=O) groups excluding carboxylic acids is 1. The van der Waals surface area contributed by atoms with E-state index in [2.05, 4.69) is 24.1 Å². The van der Waals surface area contributed by atoms with Crippen LogP contribution in [0.3, 0.4) is 0 Å². The van der Waals surface area contributed by atoms with E-state index in [0.29, 0.717) is 5.92 Å². The Balaban J connectivity index is 1.96. The van der Waals surface area contributed by atoms with Crippen LogP contribution in [0.2, 0.25) is 0 Å². The second-order valence-corrected chi connectivity index (χ2v) is 7.03. The Bertz CT molecular complexity index is 483. The summed E-state index contributed by atoms with van der Waals surface area (Å²) in [5.41, 5.74) is 0.832. The number of aryl methyl sites for hydroxylation is 2. The molecule has 21 heavy (non-hydrogen) atoms. The molecule has 2 heterocycles. The number of amides is 1. The Morgan fingerprint density at radius 1 is 1.43 bits per heavy atom. The van der Waals surface area contributed by atoms with E-state index in [-0.39, 0.29) is 18.1 Å². The van der Waals surface area contributed by atoms with Gasteiger partial charge in [-0.15, -0.1) is 11.3 Å². The number of thiazole rings is 1. The normalized spacial score (nSPS) is 22.5. The maximum atomic E-state index is 12.4.